The van der Waals surface area contributed by atoms with E-state index in [4.69, 9.17) is 9.47 Å². The Morgan fingerprint density at radius 2 is 2.14 bits per heavy atom. The summed E-state index contributed by atoms with van der Waals surface area (Å²) in [6.45, 7) is 1.38. The fraction of sp³-hybridized carbons (Fsp3) is 0.467. The second-order valence-corrected chi connectivity index (χ2v) is 5.07. The summed E-state index contributed by atoms with van der Waals surface area (Å²) in [6, 6.07) is 7.54. The second kappa shape index (κ2) is 5.73. The van der Waals surface area contributed by atoms with Gasteiger partial charge in [-0.05, 0) is 6.07 Å². The number of para-hydroxylation sites is 1. The number of amides is 1. The first-order valence-corrected chi connectivity index (χ1v) is 6.90. The molecule has 2 unspecified atom stereocenters. The molecule has 1 saturated heterocycles. The lowest BCUT2D eigenvalue weighted by Gasteiger charge is -2.32. The van der Waals surface area contributed by atoms with E-state index in [2.05, 4.69) is 4.74 Å². The molecule has 3 rings (SSSR count). The molecule has 21 heavy (non-hydrogen) atoms. The van der Waals surface area contributed by atoms with Crippen LogP contribution in [0.1, 0.15) is 11.5 Å². The van der Waals surface area contributed by atoms with Gasteiger partial charge in [-0.1, -0.05) is 18.2 Å². The van der Waals surface area contributed by atoms with Crippen molar-refractivity contribution in [1.29, 1.82) is 0 Å². The van der Waals surface area contributed by atoms with E-state index in [0.29, 0.717) is 19.8 Å². The zero-order valence-electron chi connectivity index (χ0n) is 11.8. The van der Waals surface area contributed by atoms with Gasteiger partial charge < -0.3 is 19.1 Å². The van der Waals surface area contributed by atoms with Gasteiger partial charge in [0.15, 0.2) is 6.10 Å². The van der Waals surface area contributed by atoms with Crippen molar-refractivity contribution < 1.29 is 23.8 Å². The van der Waals surface area contributed by atoms with Crippen molar-refractivity contribution in [3.8, 4) is 5.75 Å². The number of hydrogen-bond acceptors (Lipinski definition) is 5. The lowest BCUT2D eigenvalue weighted by molar-refractivity contribution is -0.162. The number of hydrogen-bond donors (Lipinski definition) is 0. The number of ether oxygens (including phenoxy) is 3. The van der Waals surface area contributed by atoms with Crippen molar-refractivity contribution in [3.05, 3.63) is 29.8 Å². The number of fused-ring (bicyclic) bond motifs is 1. The van der Waals surface area contributed by atoms with Crippen LogP contribution in [-0.2, 0) is 19.1 Å². The van der Waals surface area contributed by atoms with E-state index in [1.165, 1.54) is 7.11 Å². The van der Waals surface area contributed by atoms with Gasteiger partial charge in [-0.15, -0.1) is 0 Å². The van der Waals surface area contributed by atoms with Crippen molar-refractivity contribution in [3.63, 3.8) is 0 Å². The van der Waals surface area contributed by atoms with Crippen LogP contribution in [0.5, 0.6) is 5.75 Å². The molecular weight excluding hydrogens is 274 g/mol. The zero-order valence-corrected chi connectivity index (χ0v) is 11.8. The quantitative estimate of drug-likeness (QED) is 0.745. The average molecular weight is 291 g/mol. The number of benzene rings is 1. The van der Waals surface area contributed by atoms with Crippen molar-refractivity contribution >= 4 is 11.9 Å². The van der Waals surface area contributed by atoms with E-state index in [1.54, 1.807) is 4.90 Å². The van der Waals surface area contributed by atoms with E-state index < -0.39 is 12.1 Å². The highest BCUT2D eigenvalue weighted by Gasteiger charge is 2.37. The minimum absolute atomic E-state index is 0.0304. The predicted octanol–water partition coefficient (Wildman–Crippen LogP) is 0.563. The molecule has 2 aliphatic heterocycles. The summed E-state index contributed by atoms with van der Waals surface area (Å²) in [5.41, 5.74) is 0.906. The fourth-order valence-corrected chi connectivity index (χ4v) is 2.71. The zero-order chi connectivity index (χ0) is 14.8. The van der Waals surface area contributed by atoms with Gasteiger partial charge in [-0.25, -0.2) is 4.79 Å². The van der Waals surface area contributed by atoms with Gasteiger partial charge in [0.1, 0.15) is 18.3 Å². The summed E-state index contributed by atoms with van der Waals surface area (Å²) in [6.07, 6.45) is -0.703. The lowest BCUT2D eigenvalue weighted by Crippen LogP contribution is -2.50. The van der Waals surface area contributed by atoms with E-state index in [0.717, 1.165) is 11.3 Å². The first-order chi connectivity index (χ1) is 10.2. The number of methoxy groups -OCH3 is 1. The van der Waals surface area contributed by atoms with Crippen LogP contribution in [0.15, 0.2) is 24.3 Å². The van der Waals surface area contributed by atoms with Crippen molar-refractivity contribution in [2.24, 2.45) is 0 Å². The Hall–Kier alpha value is -2.08. The summed E-state index contributed by atoms with van der Waals surface area (Å²) in [7, 11) is 1.31. The molecule has 6 heteroatoms. The predicted molar refractivity (Wildman–Crippen MR) is 73.0 cm³/mol. The topological polar surface area (TPSA) is 65.1 Å². The number of nitrogens with zero attached hydrogens (tertiary/aromatic N) is 1. The molecule has 0 bridgehead atoms. The molecule has 2 aliphatic rings. The van der Waals surface area contributed by atoms with E-state index in [-0.39, 0.29) is 18.4 Å². The molecule has 0 radical (unpaired) electrons. The smallest absolute Gasteiger partial charge is 0.336 e. The Morgan fingerprint density at radius 1 is 1.33 bits per heavy atom. The third kappa shape index (κ3) is 2.58. The maximum atomic E-state index is 12.7. The van der Waals surface area contributed by atoms with Crippen LogP contribution in [0.25, 0.3) is 0 Å². The summed E-state index contributed by atoms with van der Waals surface area (Å²) in [4.78, 5) is 25.9. The Bertz CT molecular complexity index is 559. The van der Waals surface area contributed by atoms with Crippen molar-refractivity contribution in [2.75, 3.05) is 33.4 Å². The van der Waals surface area contributed by atoms with E-state index in [1.807, 2.05) is 24.3 Å². The molecule has 112 valence electrons. The van der Waals surface area contributed by atoms with Crippen LogP contribution in [0.4, 0.5) is 0 Å². The maximum Gasteiger partial charge on any atom is 0.336 e. The third-order valence-corrected chi connectivity index (χ3v) is 3.84. The van der Waals surface area contributed by atoms with Crippen LogP contribution in [0.2, 0.25) is 0 Å². The largest absolute Gasteiger partial charge is 0.492 e. The van der Waals surface area contributed by atoms with Gasteiger partial charge in [0, 0.05) is 12.1 Å². The van der Waals surface area contributed by atoms with Gasteiger partial charge in [-0.2, -0.15) is 0 Å². The standard InChI is InChI=1S/C15H17NO5/c1-19-15(18)13-8-16(6-7-20-13)14(17)11-9-21-12-5-3-2-4-10(11)12/h2-5,11,13H,6-9H2,1H3. The Kier molecular flexibility index (Phi) is 3.79. The summed E-state index contributed by atoms with van der Waals surface area (Å²) in [5.74, 6) is -0.0288. The number of carbonyl (C=O) groups excluding carboxylic acids is 2. The molecular formula is C15H17NO5. The highest BCUT2D eigenvalue weighted by molar-refractivity contribution is 5.86. The lowest BCUT2D eigenvalue weighted by atomic mass is 9.99. The monoisotopic (exact) mass is 291 g/mol. The van der Waals surface area contributed by atoms with E-state index in [9.17, 15) is 9.59 Å². The van der Waals surface area contributed by atoms with E-state index >= 15 is 0 Å². The van der Waals surface area contributed by atoms with Gasteiger partial charge in [0.25, 0.3) is 0 Å². The Labute approximate surface area is 122 Å². The number of carbonyl (C=O) groups is 2. The molecule has 0 aliphatic carbocycles. The molecule has 1 aromatic rings. The molecule has 6 nitrogen and oxygen atoms in total. The molecule has 1 aromatic carbocycles. The molecule has 2 atom stereocenters. The van der Waals surface area contributed by atoms with Gasteiger partial charge in [0.05, 0.1) is 20.3 Å². The number of morpholine rings is 1. The average Bonchev–Trinajstić information content (AvgIpc) is 2.97. The highest BCUT2D eigenvalue weighted by Crippen LogP contribution is 2.34. The van der Waals surface area contributed by atoms with Crippen LogP contribution in [0, 0.1) is 0 Å². The van der Waals surface area contributed by atoms with Gasteiger partial charge in [-0.3, -0.25) is 4.79 Å². The van der Waals surface area contributed by atoms with Gasteiger partial charge >= 0.3 is 5.97 Å². The summed E-state index contributed by atoms with van der Waals surface area (Å²) in [5, 5.41) is 0. The van der Waals surface area contributed by atoms with Crippen LogP contribution < -0.4 is 4.74 Å². The molecule has 0 N–H and O–H groups in total. The summed E-state index contributed by atoms with van der Waals surface area (Å²) < 4.78 is 15.6. The van der Waals surface area contributed by atoms with Crippen molar-refractivity contribution in [2.45, 2.75) is 12.0 Å². The SMILES string of the molecule is COC(=O)C1CN(C(=O)C2COc3ccccc32)CCO1. The number of esters is 1. The fourth-order valence-electron chi connectivity index (χ4n) is 2.71. The molecule has 1 fully saturated rings. The second-order valence-electron chi connectivity index (χ2n) is 5.07. The minimum atomic E-state index is -0.703. The molecule has 0 spiro atoms. The molecule has 0 saturated carbocycles. The first kappa shape index (κ1) is 13.9. The maximum absolute atomic E-state index is 12.7. The Morgan fingerprint density at radius 3 is 2.95 bits per heavy atom. The normalized spacial score (nSPS) is 24.1. The highest BCUT2D eigenvalue weighted by atomic mass is 16.6. The van der Waals surface area contributed by atoms with Crippen molar-refractivity contribution in [1.82, 2.24) is 4.90 Å². The third-order valence-electron chi connectivity index (χ3n) is 3.84. The minimum Gasteiger partial charge on any atom is -0.492 e. The van der Waals surface area contributed by atoms with Crippen LogP contribution >= 0.6 is 0 Å². The molecule has 2 heterocycles. The molecule has 1 amide bonds. The van der Waals surface area contributed by atoms with Gasteiger partial charge in [0.2, 0.25) is 5.91 Å². The summed E-state index contributed by atoms with van der Waals surface area (Å²) >= 11 is 0. The molecule has 0 aromatic heterocycles. The van der Waals surface area contributed by atoms with Crippen LogP contribution in [0.3, 0.4) is 0 Å². The number of rotatable bonds is 2. The first-order valence-electron chi connectivity index (χ1n) is 6.90. The van der Waals surface area contributed by atoms with Crippen LogP contribution in [-0.4, -0.2) is 56.3 Å². The Balaban J connectivity index is 1.73.